The maximum Gasteiger partial charge on any atom is 0.208 e. The average molecular weight is 212 g/mol. The van der Waals surface area contributed by atoms with Gasteiger partial charge in [-0.15, -0.1) is 0 Å². The van der Waals surface area contributed by atoms with Crippen molar-refractivity contribution >= 4 is 5.96 Å². The Morgan fingerprint density at radius 3 is 2.53 bits per heavy atom. The Morgan fingerprint density at radius 2 is 2.07 bits per heavy atom. The van der Waals surface area contributed by atoms with Crippen LogP contribution in [0.4, 0.5) is 0 Å². The van der Waals surface area contributed by atoms with Crippen LogP contribution in [0.25, 0.3) is 0 Å². The first-order valence-electron chi connectivity index (χ1n) is 5.89. The molecule has 15 heavy (non-hydrogen) atoms. The van der Waals surface area contributed by atoms with Crippen molar-refractivity contribution in [1.82, 2.24) is 10.3 Å². The molecule has 0 spiro atoms. The zero-order valence-corrected chi connectivity index (χ0v) is 10.2. The Bertz CT molecular complexity index is 207. The van der Waals surface area contributed by atoms with Crippen molar-refractivity contribution < 1.29 is 0 Å². The largest absolute Gasteiger partial charge is 0.342 e. The molecule has 0 bridgehead atoms. The number of nitrogens with two attached hydrogens (primary N) is 1. The molecule has 0 atom stereocenters. The van der Waals surface area contributed by atoms with Gasteiger partial charge in [-0.1, -0.05) is 26.7 Å². The summed E-state index contributed by atoms with van der Waals surface area (Å²) in [5.41, 5.74) is 2.71. The molecule has 0 aliphatic heterocycles. The van der Waals surface area contributed by atoms with Crippen LogP contribution >= 0.6 is 0 Å². The quantitative estimate of drug-likeness (QED) is 0.321. The lowest BCUT2D eigenvalue weighted by Gasteiger charge is -2.27. The van der Waals surface area contributed by atoms with Crippen LogP contribution in [0.15, 0.2) is 4.99 Å². The summed E-state index contributed by atoms with van der Waals surface area (Å²) in [7, 11) is 2.08. The molecule has 1 aliphatic carbocycles. The molecule has 0 aromatic rings. The van der Waals surface area contributed by atoms with Crippen molar-refractivity contribution in [2.45, 2.75) is 45.6 Å². The molecule has 0 saturated heterocycles. The molecular weight excluding hydrogens is 188 g/mol. The highest BCUT2D eigenvalue weighted by Crippen LogP contribution is 2.22. The molecule has 88 valence electrons. The molecule has 0 unspecified atom stereocenters. The summed E-state index contributed by atoms with van der Waals surface area (Å²) in [5.74, 6) is 6.91. The zero-order chi connectivity index (χ0) is 11.3. The molecule has 0 heterocycles. The summed E-state index contributed by atoms with van der Waals surface area (Å²) in [6.45, 7) is 5.15. The molecular formula is C11H24N4. The van der Waals surface area contributed by atoms with Crippen molar-refractivity contribution in [2.75, 3.05) is 13.6 Å². The number of rotatable bonds is 3. The standard InChI is InChI=1S/C11H24N4/c1-9(2)8-13-11(14-12)15(3)10-6-4-5-7-10/h9-10H,4-8,12H2,1-3H3,(H,13,14). The van der Waals surface area contributed by atoms with E-state index in [0.717, 1.165) is 12.5 Å². The molecule has 0 aromatic heterocycles. The molecule has 1 fully saturated rings. The minimum absolute atomic E-state index is 0.574. The van der Waals surface area contributed by atoms with Crippen molar-refractivity contribution in [2.24, 2.45) is 16.8 Å². The first-order chi connectivity index (χ1) is 7.15. The summed E-state index contributed by atoms with van der Waals surface area (Å²) in [5, 5.41) is 0. The van der Waals surface area contributed by atoms with E-state index >= 15 is 0 Å². The van der Waals surface area contributed by atoms with Crippen LogP contribution in [0, 0.1) is 5.92 Å². The molecule has 4 heteroatoms. The third kappa shape index (κ3) is 3.70. The van der Waals surface area contributed by atoms with Gasteiger partial charge in [0.2, 0.25) is 5.96 Å². The Hall–Kier alpha value is -0.770. The lowest BCUT2D eigenvalue weighted by atomic mass is 10.2. The van der Waals surface area contributed by atoms with Gasteiger partial charge in [-0.25, -0.2) is 5.84 Å². The Kier molecular flexibility index (Phi) is 4.88. The van der Waals surface area contributed by atoms with Gasteiger partial charge in [-0.05, 0) is 18.8 Å². The average Bonchev–Trinajstić information content (AvgIpc) is 2.70. The molecule has 1 saturated carbocycles. The van der Waals surface area contributed by atoms with Crippen LogP contribution in [0.3, 0.4) is 0 Å². The number of nitrogens with zero attached hydrogens (tertiary/aromatic N) is 2. The van der Waals surface area contributed by atoms with Gasteiger partial charge >= 0.3 is 0 Å². The van der Waals surface area contributed by atoms with E-state index < -0.39 is 0 Å². The maximum absolute atomic E-state index is 5.51. The summed E-state index contributed by atoms with van der Waals surface area (Å²) in [4.78, 5) is 6.68. The number of guanidine groups is 1. The van der Waals surface area contributed by atoms with Gasteiger partial charge in [0.1, 0.15) is 0 Å². The van der Waals surface area contributed by atoms with E-state index in [9.17, 15) is 0 Å². The summed E-state index contributed by atoms with van der Waals surface area (Å²) < 4.78 is 0. The van der Waals surface area contributed by atoms with Crippen LogP contribution in [0.5, 0.6) is 0 Å². The smallest absolute Gasteiger partial charge is 0.208 e. The second kappa shape index (κ2) is 5.95. The predicted octanol–water partition coefficient (Wildman–Crippen LogP) is 1.34. The van der Waals surface area contributed by atoms with Gasteiger partial charge in [0.25, 0.3) is 0 Å². The maximum atomic E-state index is 5.51. The van der Waals surface area contributed by atoms with Crippen LogP contribution in [0.2, 0.25) is 0 Å². The van der Waals surface area contributed by atoms with Crippen LogP contribution in [-0.4, -0.2) is 30.5 Å². The van der Waals surface area contributed by atoms with Gasteiger partial charge in [-0.2, -0.15) is 0 Å². The molecule has 0 radical (unpaired) electrons. The Balaban J connectivity index is 2.52. The zero-order valence-electron chi connectivity index (χ0n) is 10.2. The highest BCUT2D eigenvalue weighted by atomic mass is 15.4. The van der Waals surface area contributed by atoms with E-state index in [1.54, 1.807) is 0 Å². The summed E-state index contributed by atoms with van der Waals surface area (Å²) in [6, 6.07) is 0.618. The Labute approximate surface area is 92.9 Å². The lowest BCUT2D eigenvalue weighted by Crippen LogP contribution is -2.47. The SMILES string of the molecule is CC(C)CN=C(NN)N(C)C1CCCC1. The predicted molar refractivity (Wildman–Crippen MR) is 64.5 cm³/mol. The number of aliphatic imine (C=N–C) groups is 1. The number of hydrogen-bond acceptors (Lipinski definition) is 2. The number of hydrazine groups is 1. The third-order valence-corrected chi connectivity index (χ3v) is 2.94. The number of hydrogen-bond donors (Lipinski definition) is 2. The molecule has 3 N–H and O–H groups in total. The van der Waals surface area contributed by atoms with E-state index in [2.05, 4.69) is 36.2 Å². The fourth-order valence-electron chi connectivity index (χ4n) is 1.99. The molecule has 0 amide bonds. The molecule has 0 aromatic carbocycles. The van der Waals surface area contributed by atoms with E-state index in [1.807, 2.05) is 0 Å². The monoisotopic (exact) mass is 212 g/mol. The van der Waals surface area contributed by atoms with E-state index in [1.165, 1.54) is 25.7 Å². The van der Waals surface area contributed by atoms with Crippen LogP contribution in [0.1, 0.15) is 39.5 Å². The molecule has 1 rings (SSSR count). The van der Waals surface area contributed by atoms with Crippen molar-refractivity contribution in [3.8, 4) is 0 Å². The van der Waals surface area contributed by atoms with Crippen molar-refractivity contribution in [3.05, 3.63) is 0 Å². The van der Waals surface area contributed by atoms with Crippen molar-refractivity contribution in [1.29, 1.82) is 0 Å². The number of nitrogens with one attached hydrogen (secondary N) is 1. The minimum atomic E-state index is 0.574. The highest BCUT2D eigenvalue weighted by Gasteiger charge is 2.21. The summed E-state index contributed by atoms with van der Waals surface area (Å²) >= 11 is 0. The van der Waals surface area contributed by atoms with Gasteiger partial charge in [0, 0.05) is 19.6 Å². The first kappa shape index (κ1) is 12.3. The van der Waals surface area contributed by atoms with Gasteiger partial charge < -0.3 is 4.90 Å². The van der Waals surface area contributed by atoms with E-state index in [4.69, 9.17) is 5.84 Å². The van der Waals surface area contributed by atoms with Gasteiger partial charge in [0.15, 0.2) is 0 Å². The second-order valence-corrected chi connectivity index (χ2v) is 4.75. The molecule has 4 nitrogen and oxygen atoms in total. The van der Waals surface area contributed by atoms with Crippen molar-refractivity contribution in [3.63, 3.8) is 0 Å². The van der Waals surface area contributed by atoms with Gasteiger partial charge in [-0.3, -0.25) is 10.4 Å². The van der Waals surface area contributed by atoms with Crippen LogP contribution < -0.4 is 11.3 Å². The minimum Gasteiger partial charge on any atom is -0.342 e. The van der Waals surface area contributed by atoms with E-state index in [0.29, 0.717) is 12.0 Å². The topological polar surface area (TPSA) is 53.6 Å². The highest BCUT2D eigenvalue weighted by molar-refractivity contribution is 5.79. The fraction of sp³-hybridized carbons (Fsp3) is 0.909. The third-order valence-electron chi connectivity index (χ3n) is 2.94. The normalized spacial score (nSPS) is 18.6. The van der Waals surface area contributed by atoms with Gasteiger partial charge in [0.05, 0.1) is 0 Å². The first-order valence-corrected chi connectivity index (χ1v) is 5.89. The molecule has 1 aliphatic rings. The van der Waals surface area contributed by atoms with E-state index in [-0.39, 0.29) is 0 Å². The summed E-state index contributed by atoms with van der Waals surface area (Å²) in [6.07, 6.45) is 5.19. The van der Waals surface area contributed by atoms with Crippen LogP contribution in [-0.2, 0) is 0 Å². The Morgan fingerprint density at radius 1 is 1.47 bits per heavy atom. The lowest BCUT2D eigenvalue weighted by molar-refractivity contribution is 0.358. The second-order valence-electron chi connectivity index (χ2n) is 4.75. The fourth-order valence-corrected chi connectivity index (χ4v) is 1.99.